The van der Waals surface area contributed by atoms with Gasteiger partial charge in [0.25, 0.3) is 0 Å². The SMILES string of the molecule is CC(C)(C)c1cc2c(cc1C(C)(C)C)[CH]([Hf]([Cl])([Cl])(=[C](c1cccc3ccccc13)c1cccc3ccccc13)[CH]1C=CC=C1)c1cc(C(C)(C)C)c(C(C)(C)C)cc1-2. The molecule has 2 aliphatic carbocycles. The molecular formula is C55H60Cl2Hf. The number of rotatable bonds is 4. The van der Waals surface area contributed by atoms with E-state index in [4.69, 9.17) is 0 Å². The van der Waals surface area contributed by atoms with E-state index in [-0.39, 0.29) is 29.0 Å². The summed E-state index contributed by atoms with van der Waals surface area (Å²) in [7, 11) is 18.7. The first kappa shape index (κ1) is 41.4. The van der Waals surface area contributed by atoms with Crippen molar-refractivity contribution in [3.05, 3.63) is 178 Å². The summed E-state index contributed by atoms with van der Waals surface area (Å²) in [5.41, 5.74) is 12.6. The van der Waals surface area contributed by atoms with Crippen molar-refractivity contribution in [1.29, 1.82) is 0 Å². The molecule has 0 heterocycles. The number of allylic oxidation sites excluding steroid dienone is 4. The topological polar surface area (TPSA) is 0 Å². The zero-order valence-electron chi connectivity index (χ0n) is 36.6. The van der Waals surface area contributed by atoms with Crippen LogP contribution in [0.25, 0.3) is 32.7 Å². The molecule has 0 N–H and O–H groups in total. The van der Waals surface area contributed by atoms with Crippen molar-refractivity contribution in [2.24, 2.45) is 0 Å². The molecule has 58 heavy (non-hydrogen) atoms. The van der Waals surface area contributed by atoms with Crippen molar-refractivity contribution in [2.75, 3.05) is 0 Å². The molecule has 0 amide bonds. The molecule has 0 fully saturated rings. The van der Waals surface area contributed by atoms with Crippen LogP contribution in [0.2, 0.25) is 3.67 Å². The van der Waals surface area contributed by atoms with Gasteiger partial charge in [-0.05, 0) is 0 Å². The van der Waals surface area contributed by atoms with Crippen LogP contribution in [0.15, 0.2) is 133 Å². The van der Waals surface area contributed by atoms with E-state index in [0.29, 0.717) is 0 Å². The van der Waals surface area contributed by atoms with Crippen LogP contribution >= 0.6 is 17.2 Å². The Bertz CT molecular complexity index is 2590. The van der Waals surface area contributed by atoms with E-state index < -0.39 is 15.7 Å². The fraction of sp³-hybridized carbons (Fsp3) is 0.327. The van der Waals surface area contributed by atoms with Crippen LogP contribution in [0.3, 0.4) is 0 Å². The van der Waals surface area contributed by atoms with Crippen molar-refractivity contribution in [3.8, 4) is 11.1 Å². The number of fused-ring (bicyclic) bond motifs is 5. The van der Waals surface area contributed by atoms with Crippen molar-refractivity contribution in [1.82, 2.24) is 0 Å². The molecule has 0 bridgehead atoms. The average molecular weight is 970 g/mol. The van der Waals surface area contributed by atoms with Crippen LogP contribution in [0.4, 0.5) is 0 Å². The predicted octanol–water partition coefficient (Wildman–Crippen LogP) is 16.4. The summed E-state index contributed by atoms with van der Waals surface area (Å²) in [6, 6.07) is 41.2. The molecule has 298 valence electrons. The molecular weight excluding hydrogens is 910 g/mol. The minimum atomic E-state index is -5.99. The van der Waals surface area contributed by atoms with Gasteiger partial charge in [-0.25, -0.2) is 0 Å². The molecule has 0 unspecified atom stereocenters. The van der Waals surface area contributed by atoms with Gasteiger partial charge in [0.15, 0.2) is 0 Å². The number of halogens is 2. The van der Waals surface area contributed by atoms with Crippen LogP contribution in [-0.2, 0) is 37.3 Å². The first-order valence-corrected chi connectivity index (χ1v) is 36.0. The maximum atomic E-state index is 9.34. The van der Waals surface area contributed by atoms with Gasteiger partial charge in [0.2, 0.25) is 0 Å². The van der Waals surface area contributed by atoms with Gasteiger partial charge in [0.1, 0.15) is 0 Å². The number of benzene rings is 6. The molecule has 0 radical (unpaired) electrons. The summed E-state index contributed by atoms with van der Waals surface area (Å²) in [6.07, 6.45) is 9.01. The molecule has 2 aliphatic rings. The predicted molar refractivity (Wildman–Crippen MR) is 253 cm³/mol. The van der Waals surface area contributed by atoms with E-state index >= 15 is 0 Å². The van der Waals surface area contributed by atoms with E-state index in [0.717, 1.165) is 14.4 Å². The zero-order chi connectivity index (χ0) is 41.8. The average Bonchev–Trinajstić information content (AvgIpc) is 3.81. The molecule has 0 atom stereocenters. The first-order chi connectivity index (χ1) is 27.0. The monoisotopic (exact) mass is 970 g/mol. The van der Waals surface area contributed by atoms with E-state index in [1.54, 1.807) is 0 Å². The van der Waals surface area contributed by atoms with Gasteiger partial charge >= 0.3 is 359 Å². The molecule has 6 aromatic rings. The Morgan fingerprint density at radius 1 is 0.448 bits per heavy atom. The third-order valence-electron chi connectivity index (χ3n) is 13.0. The molecule has 0 saturated heterocycles. The minimum absolute atomic E-state index is 0.0744. The maximum absolute atomic E-state index is 9.34. The number of hydrogen-bond donors (Lipinski definition) is 0. The van der Waals surface area contributed by atoms with Gasteiger partial charge < -0.3 is 0 Å². The van der Waals surface area contributed by atoms with Gasteiger partial charge in [-0.15, -0.1) is 0 Å². The second kappa shape index (κ2) is 13.8. The Balaban J connectivity index is 1.69. The fourth-order valence-electron chi connectivity index (χ4n) is 10.2. The quantitative estimate of drug-likeness (QED) is 0.154. The van der Waals surface area contributed by atoms with Crippen molar-refractivity contribution >= 4 is 42.0 Å². The second-order valence-electron chi connectivity index (χ2n) is 21.3. The summed E-state index contributed by atoms with van der Waals surface area (Å²) in [5.74, 6) is 0. The third-order valence-corrected chi connectivity index (χ3v) is 41.0. The van der Waals surface area contributed by atoms with Crippen molar-refractivity contribution in [3.63, 3.8) is 0 Å². The molecule has 6 aromatic carbocycles. The first-order valence-electron chi connectivity index (χ1n) is 21.2. The van der Waals surface area contributed by atoms with E-state index in [2.05, 4.69) is 217 Å². The van der Waals surface area contributed by atoms with Gasteiger partial charge in [0.05, 0.1) is 0 Å². The zero-order valence-corrected chi connectivity index (χ0v) is 41.7. The van der Waals surface area contributed by atoms with Gasteiger partial charge in [-0.1, -0.05) is 0 Å². The molecule has 0 nitrogen and oxygen atoms in total. The summed E-state index contributed by atoms with van der Waals surface area (Å²) in [4.78, 5) is 0. The molecule has 0 aliphatic heterocycles. The van der Waals surface area contributed by atoms with Crippen LogP contribution in [-0.4, -0.2) is 3.26 Å². The summed E-state index contributed by atoms with van der Waals surface area (Å²) >= 11 is -5.99. The van der Waals surface area contributed by atoms with E-state index in [1.807, 2.05) is 0 Å². The van der Waals surface area contributed by atoms with Gasteiger partial charge in [-0.3, -0.25) is 0 Å². The van der Waals surface area contributed by atoms with Crippen LogP contribution < -0.4 is 0 Å². The van der Waals surface area contributed by atoms with Crippen LogP contribution in [0, 0.1) is 0 Å². The fourth-order valence-corrected chi connectivity index (χ4v) is 37.8. The molecule has 0 spiro atoms. The summed E-state index contributed by atoms with van der Waals surface area (Å²) in [6.45, 7) is 28.3. The molecule has 0 aromatic heterocycles. The van der Waals surface area contributed by atoms with Gasteiger partial charge in [0, 0.05) is 0 Å². The van der Waals surface area contributed by atoms with E-state index in [1.165, 1.54) is 66.1 Å². The van der Waals surface area contributed by atoms with E-state index in [9.17, 15) is 17.2 Å². The standard InChI is InChI=1S/C29H41.C21H14.C5H5.2ClH.Hf/c1-26(2,3)22-14-18-13-19-15-23(27(4,5)6)25(29(10,11)12)17-21(19)20(18)16-24(22)28(7,8)9;1-3-13-20-16(7-1)9-5-11-18(20)15-19-12-6-10-17-8-2-4-14-21(17)19;1-2-4-5-3-1;;;/h13-17H,1-12H3;1-14H;1-5H;2*1H;/q;;;;;+2/p-2. The Morgan fingerprint density at radius 2 is 0.793 bits per heavy atom. The number of hydrogen-bond acceptors (Lipinski definition) is 0. The Kier molecular flexibility index (Phi) is 9.87. The van der Waals surface area contributed by atoms with Crippen molar-refractivity contribution < 1.29 is 15.7 Å². The van der Waals surface area contributed by atoms with Crippen LogP contribution in [0.5, 0.6) is 0 Å². The summed E-state index contributed by atoms with van der Waals surface area (Å²) in [5, 5.41) is 4.73. The van der Waals surface area contributed by atoms with Crippen LogP contribution in [0.1, 0.15) is 131 Å². The van der Waals surface area contributed by atoms with Crippen molar-refractivity contribution in [2.45, 2.75) is 112 Å². The summed E-state index contributed by atoms with van der Waals surface area (Å²) < 4.78 is 0.757. The third kappa shape index (κ3) is 6.62. The second-order valence-corrected chi connectivity index (χ2v) is 50.7. The van der Waals surface area contributed by atoms with Gasteiger partial charge in [-0.2, -0.15) is 0 Å². The molecule has 8 rings (SSSR count). The Labute approximate surface area is 356 Å². The molecule has 3 heteroatoms. The Morgan fingerprint density at radius 3 is 1.17 bits per heavy atom. The molecule has 0 saturated carbocycles. The normalized spacial score (nSPS) is 15.4. The Hall–Kier alpha value is -3.36.